The predicted octanol–water partition coefficient (Wildman–Crippen LogP) is 4.22. The van der Waals surface area contributed by atoms with Gasteiger partial charge in [-0.1, -0.05) is 45.4 Å². The Labute approximate surface area is 201 Å². The van der Waals surface area contributed by atoms with Crippen molar-refractivity contribution in [3.63, 3.8) is 0 Å². The number of rotatable bonds is 11. The van der Waals surface area contributed by atoms with E-state index in [2.05, 4.69) is 0 Å². The molecule has 1 amide bonds. The lowest BCUT2D eigenvalue weighted by Gasteiger charge is -2.15. The van der Waals surface area contributed by atoms with E-state index in [1.54, 1.807) is 24.3 Å². The first-order valence-corrected chi connectivity index (χ1v) is 14.8. The molecule has 0 fully saturated rings. The number of nitrogens with one attached hydrogen (secondary N) is 1. The number of carbonyl (C=O) groups is 1. The third-order valence-electron chi connectivity index (χ3n) is 4.76. The summed E-state index contributed by atoms with van der Waals surface area (Å²) in [6.45, 7) is 6.31. The third kappa shape index (κ3) is 8.09. The zero-order valence-electron chi connectivity index (χ0n) is 19.6. The van der Waals surface area contributed by atoms with Gasteiger partial charge in [-0.25, -0.2) is 30.7 Å². The van der Waals surface area contributed by atoms with Crippen molar-refractivity contribution in [2.24, 2.45) is 5.92 Å². The highest BCUT2D eigenvalue weighted by Gasteiger charge is 2.26. The van der Waals surface area contributed by atoms with E-state index in [-0.39, 0.29) is 17.4 Å². The average molecular weight is 517 g/mol. The summed E-state index contributed by atoms with van der Waals surface area (Å²) in [5.41, 5.74) is 1.81. The maximum Gasteiger partial charge on any atom is 0.421 e. The molecule has 2 rings (SSSR count). The van der Waals surface area contributed by atoms with Gasteiger partial charge in [0.2, 0.25) is 10.0 Å². The fourth-order valence-corrected chi connectivity index (χ4v) is 6.26. The zero-order chi connectivity index (χ0) is 24.8. The van der Waals surface area contributed by atoms with Gasteiger partial charge in [-0.05, 0) is 42.0 Å². The molecule has 1 N–H and O–H groups in total. The Hall–Kier alpha value is -1.95. The second-order valence-corrected chi connectivity index (χ2v) is 13.4. The Morgan fingerprint density at radius 1 is 1.18 bits per heavy atom. The van der Waals surface area contributed by atoms with E-state index in [1.807, 2.05) is 31.6 Å². The summed E-state index contributed by atoms with van der Waals surface area (Å²) in [5, 5.41) is 0. The molecule has 11 heteroatoms. The Morgan fingerprint density at radius 2 is 1.88 bits per heavy atom. The molecule has 2 aromatic rings. The normalized spacial score (nSPS) is 12.3. The summed E-state index contributed by atoms with van der Waals surface area (Å²) < 4.78 is 57.9. The molecule has 184 valence electrons. The molecule has 0 atom stereocenters. The molecular formula is C22H32N2O6S3. The number of ether oxygens (including phenoxy) is 1. The van der Waals surface area contributed by atoms with Gasteiger partial charge in [-0.3, -0.25) is 0 Å². The first-order valence-electron chi connectivity index (χ1n) is 10.7. The van der Waals surface area contributed by atoms with Crippen molar-refractivity contribution in [2.45, 2.75) is 50.8 Å². The third-order valence-corrected chi connectivity index (χ3v) is 9.03. The van der Waals surface area contributed by atoms with E-state index in [9.17, 15) is 21.6 Å². The highest BCUT2D eigenvalue weighted by Crippen LogP contribution is 2.36. The molecule has 33 heavy (non-hydrogen) atoms. The van der Waals surface area contributed by atoms with Gasteiger partial charge in [0.05, 0.1) is 12.9 Å². The number of unbranched alkanes of at least 4 members (excludes halogenated alkanes) is 1. The minimum atomic E-state index is -4.16. The van der Waals surface area contributed by atoms with Crippen molar-refractivity contribution in [2.75, 3.05) is 19.9 Å². The van der Waals surface area contributed by atoms with Crippen LogP contribution in [0.1, 0.15) is 44.1 Å². The van der Waals surface area contributed by atoms with Gasteiger partial charge in [0.1, 0.15) is 4.21 Å². The number of hydrogen-bond acceptors (Lipinski definition) is 7. The number of benzene rings is 1. The van der Waals surface area contributed by atoms with Crippen LogP contribution in [-0.2, 0) is 37.7 Å². The zero-order valence-corrected chi connectivity index (χ0v) is 22.1. The summed E-state index contributed by atoms with van der Waals surface area (Å²) in [6.07, 6.45) is 2.27. The summed E-state index contributed by atoms with van der Waals surface area (Å²) in [6, 6.07) is 8.89. The molecule has 1 aromatic heterocycles. The average Bonchev–Trinajstić information content (AvgIpc) is 3.11. The van der Waals surface area contributed by atoms with Gasteiger partial charge in [0.25, 0.3) is 10.0 Å². The molecule has 0 aliphatic heterocycles. The number of nitrogens with zero attached hydrogens (tertiary/aromatic N) is 1. The van der Waals surface area contributed by atoms with Gasteiger partial charge in [0.15, 0.2) is 0 Å². The topological polar surface area (TPSA) is 110 Å². The van der Waals surface area contributed by atoms with Crippen LogP contribution in [0.5, 0.6) is 0 Å². The number of carbonyl (C=O) groups excluding carboxylic acids is 1. The van der Waals surface area contributed by atoms with Crippen molar-refractivity contribution in [1.82, 2.24) is 9.03 Å². The largest absolute Gasteiger partial charge is 0.449 e. The fourth-order valence-electron chi connectivity index (χ4n) is 3.03. The molecular weight excluding hydrogens is 484 g/mol. The lowest BCUT2D eigenvalue weighted by molar-refractivity contribution is 0.151. The first-order chi connectivity index (χ1) is 15.3. The summed E-state index contributed by atoms with van der Waals surface area (Å²) in [5.74, 6) is 0.314. The van der Waals surface area contributed by atoms with Gasteiger partial charge in [0, 0.05) is 24.0 Å². The minimum Gasteiger partial charge on any atom is -0.449 e. The van der Waals surface area contributed by atoms with Crippen LogP contribution in [-0.4, -0.2) is 47.1 Å². The van der Waals surface area contributed by atoms with Crippen LogP contribution in [0, 0.1) is 5.92 Å². The molecule has 1 aromatic carbocycles. The van der Waals surface area contributed by atoms with Crippen LogP contribution in [0.3, 0.4) is 0 Å². The molecule has 0 saturated carbocycles. The molecule has 0 radical (unpaired) electrons. The first kappa shape index (κ1) is 27.3. The second kappa shape index (κ2) is 11.5. The van der Waals surface area contributed by atoms with E-state index in [0.29, 0.717) is 35.4 Å². The van der Waals surface area contributed by atoms with Crippen LogP contribution < -0.4 is 4.72 Å². The second-order valence-electron chi connectivity index (χ2n) is 8.33. The van der Waals surface area contributed by atoms with Crippen LogP contribution in [0.15, 0.2) is 34.5 Å². The summed E-state index contributed by atoms with van der Waals surface area (Å²) >= 11 is 1.12. The van der Waals surface area contributed by atoms with Crippen molar-refractivity contribution >= 4 is 37.5 Å². The summed E-state index contributed by atoms with van der Waals surface area (Å²) in [7, 11) is -6.04. The maximum atomic E-state index is 13.1. The lowest BCUT2D eigenvalue weighted by atomic mass is 10.0. The molecule has 8 nitrogen and oxygen atoms in total. The van der Waals surface area contributed by atoms with Crippen LogP contribution in [0.2, 0.25) is 0 Å². The van der Waals surface area contributed by atoms with Crippen LogP contribution >= 0.6 is 11.3 Å². The van der Waals surface area contributed by atoms with Gasteiger partial charge >= 0.3 is 6.09 Å². The number of sulfonamides is 2. The highest BCUT2D eigenvalue weighted by atomic mass is 32.2. The van der Waals surface area contributed by atoms with Gasteiger partial charge in [-0.15, -0.1) is 11.3 Å². The Morgan fingerprint density at radius 3 is 2.48 bits per heavy atom. The monoisotopic (exact) mass is 516 g/mol. The SMILES string of the molecule is CCCCOC(=O)NS(=O)(=O)c1sc(CC(C)C)cc1-c1cccc(CN(C)S(C)(=O)=O)c1. The van der Waals surface area contributed by atoms with Crippen molar-refractivity contribution < 1.29 is 26.4 Å². The molecule has 0 aliphatic rings. The van der Waals surface area contributed by atoms with Crippen molar-refractivity contribution in [3.8, 4) is 11.1 Å². The predicted molar refractivity (Wildman–Crippen MR) is 131 cm³/mol. The Balaban J connectivity index is 2.43. The Bertz CT molecular complexity index is 1170. The standard InChI is InChI=1S/C22H32N2O6S3/c1-6-7-11-30-22(25)23-33(28,29)21-20(14-19(31-21)12-16(2)3)18-10-8-9-17(13-18)15-24(4)32(5,26)27/h8-10,13-14,16H,6-7,11-12,15H2,1-5H3,(H,23,25). The fraction of sp³-hybridized carbons (Fsp3) is 0.500. The maximum absolute atomic E-state index is 13.1. The van der Waals surface area contributed by atoms with E-state index < -0.39 is 26.1 Å². The van der Waals surface area contributed by atoms with E-state index in [0.717, 1.165) is 28.9 Å². The molecule has 1 heterocycles. The number of thiophene rings is 1. The van der Waals surface area contributed by atoms with E-state index in [4.69, 9.17) is 4.74 Å². The smallest absolute Gasteiger partial charge is 0.421 e. The van der Waals surface area contributed by atoms with Crippen molar-refractivity contribution in [1.29, 1.82) is 0 Å². The number of amides is 1. The Kier molecular flexibility index (Phi) is 9.48. The van der Waals surface area contributed by atoms with Crippen LogP contribution in [0.25, 0.3) is 11.1 Å². The van der Waals surface area contributed by atoms with Gasteiger partial charge in [-0.2, -0.15) is 0 Å². The molecule has 0 aliphatic carbocycles. The highest BCUT2D eigenvalue weighted by molar-refractivity contribution is 7.92. The van der Waals surface area contributed by atoms with Crippen LogP contribution in [0.4, 0.5) is 4.79 Å². The minimum absolute atomic E-state index is 0.0270. The molecule has 0 saturated heterocycles. The quantitative estimate of drug-likeness (QED) is 0.448. The van der Waals surface area contributed by atoms with Crippen molar-refractivity contribution in [3.05, 3.63) is 40.8 Å². The molecule has 0 spiro atoms. The van der Waals surface area contributed by atoms with Gasteiger partial charge < -0.3 is 4.74 Å². The summed E-state index contributed by atoms with van der Waals surface area (Å²) in [4.78, 5) is 12.9. The van der Waals surface area contributed by atoms with E-state index >= 15 is 0 Å². The number of hydrogen-bond donors (Lipinski definition) is 1. The molecule has 0 unspecified atom stereocenters. The van der Waals surface area contributed by atoms with E-state index in [1.165, 1.54) is 11.4 Å². The lowest BCUT2D eigenvalue weighted by Crippen LogP contribution is -2.31. The molecule has 0 bridgehead atoms.